The number of carbonyl (C=O) groups is 1. The van der Waals surface area contributed by atoms with Gasteiger partial charge in [0.2, 0.25) is 6.79 Å². The molecule has 2 aliphatic heterocycles. The van der Waals surface area contributed by atoms with Crippen LogP contribution in [-0.2, 0) is 22.4 Å². The Morgan fingerprint density at radius 2 is 2.04 bits per heavy atom. The molecule has 0 saturated carbocycles. The number of likely N-dealkylation sites (N-methyl/N-ethyl adjacent to an activating group) is 1. The van der Waals surface area contributed by atoms with Crippen molar-refractivity contribution in [2.75, 3.05) is 26.5 Å². The number of carboxylic acids is 1. The summed E-state index contributed by atoms with van der Waals surface area (Å²) in [6, 6.07) is 4.76. The molecule has 1 saturated heterocycles. The minimum Gasteiger partial charge on any atom is -0.475 e. The van der Waals surface area contributed by atoms with Gasteiger partial charge in [-0.2, -0.15) is 13.2 Å². The summed E-state index contributed by atoms with van der Waals surface area (Å²) >= 11 is 0. The van der Waals surface area contributed by atoms with Crippen molar-refractivity contribution >= 4 is 5.97 Å². The molecule has 1 fully saturated rings. The lowest BCUT2D eigenvalue weighted by atomic mass is 9.84. The average molecular weight is 375 g/mol. The predicted octanol–water partition coefficient (Wildman–Crippen LogP) is 2.24. The number of rotatable bonds is 1. The molecular formula is C17H20F3NO5. The number of hydrogen-bond acceptors (Lipinski definition) is 5. The van der Waals surface area contributed by atoms with Crippen molar-refractivity contribution in [2.24, 2.45) is 0 Å². The molecule has 4 rings (SSSR count). The summed E-state index contributed by atoms with van der Waals surface area (Å²) in [7, 11) is 0. The zero-order valence-electron chi connectivity index (χ0n) is 14.2. The van der Waals surface area contributed by atoms with Gasteiger partial charge in [-0.3, -0.25) is 4.90 Å². The summed E-state index contributed by atoms with van der Waals surface area (Å²) in [6.45, 7) is 5.58. The van der Waals surface area contributed by atoms with Crippen molar-refractivity contribution in [3.63, 3.8) is 0 Å². The van der Waals surface area contributed by atoms with Crippen molar-refractivity contribution < 1.29 is 37.3 Å². The summed E-state index contributed by atoms with van der Waals surface area (Å²) in [5, 5.41) is 7.12. The Labute approximate surface area is 148 Å². The highest BCUT2D eigenvalue weighted by atomic mass is 19.4. The fraction of sp³-hybridized carbons (Fsp3) is 0.588. The molecule has 6 nitrogen and oxygen atoms in total. The highest BCUT2D eigenvalue weighted by Gasteiger charge is 2.39. The first-order valence-corrected chi connectivity index (χ1v) is 8.37. The van der Waals surface area contributed by atoms with Crippen LogP contribution in [0.3, 0.4) is 0 Å². The van der Waals surface area contributed by atoms with Crippen LogP contribution >= 0.6 is 0 Å². The number of fused-ring (bicyclic) bond motifs is 4. The maximum Gasteiger partial charge on any atom is 0.490 e. The summed E-state index contributed by atoms with van der Waals surface area (Å²) in [5.74, 6) is -0.916. The molecule has 2 atom stereocenters. The third kappa shape index (κ3) is 3.73. The molecule has 0 aromatic heterocycles. The first kappa shape index (κ1) is 18.8. The minimum atomic E-state index is -5.08. The van der Waals surface area contributed by atoms with Gasteiger partial charge < -0.3 is 19.3 Å². The van der Waals surface area contributed by atoms with E-state index in [0.717, 1.165) is 44.0 Å². The van der Waals surface area contributed by atoms with E-state index in [1.807, 2.05) is 6.07 Å². The van der Waals surface area contributed by atoms with Crippen LogP contribution in [0.15, 0.2) is 12.1 Å². The minimum absolute atomic E-state index is 0.303. The average Bonchev–Trinajstić information content (AvgIpc) is 3.08. The lowest BCUT2D eigenvalue weighted by Gasteiger charge is -2.44. The topological polar surface area (TPSA) is 68.2 Å². The molecule has 0 spiro atoms. The third-order valence-electron chi connectivity index (χ3n) is 4.83. The van der Waals surface area contributed by atoms with E-state index in [1.54, 1.807) is 0 Å². The molecule has 3 aliphatic rings. The second-order valence-electron chi connectivity index (χ2n) is 6.25. The fourth-order valence-electron chi connectivity index (χ4n) is 3.59. The molecule has 1 aromatic rings. The van der Waals surface area contributed by atoms with Crippen molar-refractivity contribution in [1.82, 2.24) is 4.90 Å². The van der Waals surface area contributed by atoms with E-state index in [0.29, 0.717) is 18.9 Å². The highest BCUT2D eigenvalue weighted by molar-refractivity contribution is 5.73. The molecule has 1 N–H and O–H groups in total. The lowest BCUT2D eigenvalue weighted by Crippen LogP contribution is -2.54. The van der Waals surface area contributed by atoms with Crippen LogP contribution in [0.5, 0.6) is 11.5 Å². The standard InChI is InChI=1S/C15H19NO3.C2HF3O2/c1-2-16-5-6-17-14-8-11-10(7-12(14)16)3-4-13-15(11)19-9-18-13;3-2(4,5)1(6)7/h3-4,12,14H,2,5-9H2,1H3;(H,6,7)/t12-,14-;/m1./s1. The zero-order valence-corrected chi connectivity index (χ0v) is 14.2. The molecule has 1 aliphatic carbocycles. The van der Waals surface area contributed by atoms with E-state index in [9.17, 15) is 13.2 Å². The largest absolute Gasteiger partial charge is 0.490 e. The van der Waals surface area contributed by atoms with Crippen molar-refractivity contribution in [3.8, 4) is 11.5 Å². The molecule has 0 unspecified atom stereocenters. The lowest BCUT2D eigenvalue weighted by molar-refractivity contribution is -0.192. The summed E-state index contributed by atoms with van der Waals surface area (Å²) in [6.07, 6.45) is -2.77. The van der Waals surface area contributed by atoms with Crippen LogP contribution in [0.2, 0.25) is 0 Å². The van der Waals surface area contributed by atoms with E-state index >= 15 is 0 Å². The molecule has 26 heavy (non-hydrogen) atoms. The van der Waals surface area contributed by atoms with E-state index < -0.39 is 12.1 Å². The van der Waals surface area contributed by atoms with Gasteiger partial charge in [0.15, 0.2) is 11.5 Å². The molecule has 2 heterocycles. The first-order chi connectivity index (χ1) is 12.3. The summed E-state index contributed by atoms with van der Waals surface area (Å²) in [5.41, 5.74) is 2.70. The van der Waals surface area contributed by atoms with Crippen LogP contribution in [0.4, 0.5) is 13.2 Å². The monoisotopic (exact) mass is 375 g/mol. The molecule has 0 bridgehead atoms. The number of alkyl halides is 3. The van der Waals surface area contributed by atoms with Gasteiger partial charge in [0, 0.05) is 24.6 Å². The SMILES string of the molecule is CCN1CCO[C@@H]2Cc3c(ccc4c3OCO4)C[C@H]21.O=C(O)C(F)(F)F. The number of hydrogen-bond donors (Lipinski definition) is 1. The van der Waals surface area contributed by atoms with Gasteiger partial charge in [0.05, 0.1) is 12.7 Å². The zero-order chi connectivity index (χ0) is 18.9. The van der Waals surface area contributed by atoms with Crippen molar-refractivity contribution in [3.05, 3.63) is 23.3 Å². The van der Waals surface area contributed by atoms with Crippen molar-refractivity contribution in [2.45, 2.75) is 38.1 Å². The quantitative estimate of drug-likeness (QED) is 0.812. The number of nitrogens with zero attached hydrogens (tertiary/aromatic N) is 1. The Morgan fingerprint density at radius 1 is 1.31 bits per heavy atom. The van der Waals surface area contributed by atoms with E-state index in [2.05, 4.69) is 17.9 Å². The van der Waals surface area contributed by atoms with Gasteiger partial charge in [0.25, 0.3) is 0 Å². The molecule has 1 aromatic carbocycles. The van der Waals surface area contributed by atoms with Crippen LogP contribution in [0, 0.1) is 0 Å². The second kappa shape index (κ2) is 7.32. The highest BCUT2D eigenvalue weighted by Crippen LogP contribution is 2.42. The Kier molecular flexibility index (Phi) is 5.29. The number of morpholine rings is 1. The maximum atomic E-state index is 10.6. The van der Waals surface area contributed by atoms with Gasteiger partial charge in [-0.1, -0.05) is 13.0 Å². The van der Waals surface area contributed by atoms with Gasteiger partial charge in [0.1, 0.15) is 0 Å². The van der Waals surface area contributed by atoms with Crippen LogP contribution in [0.1, 0.15) is 18.1 Å². The Balaban J connectivity index is 0.000000242. The molecular weight excluding hydrogens is 355 g/mol. The van der Waals surface area contributed by atoms with Gasteiger partial charge >= 0.3 is 12.1 Å². The van der Waals surface area contributed by atoms with Crippen molar-refractivity contribution in [1.29, 1.82) is 0 Å². The Morgan fingerprint density at radius 3 is 2.69 bits per heavy atom. The van der Waals surface area contributed by atoms with E-state index in [4.69, 9.17) is 24.1 Å². The van der Waals surface area contributed by atoms with Crippen LogP contribution < -0.4 is 9.47 Å². The maximum absolute atomic E-state index is 10.6. The number of ether oxygens (including phenoxy) is 3. The molecule has 9 heteroatoms. The first-order valence-electron chi connectivity index (χ1n) is 8.37. The molecule has 144 valence electrons. The normalized spacial score (nSPS) is 24.2. The molecule has 0 amide bonds. The third-order valence-corrected chi connectivity index (χ3v) is 4.83. The van der Waals surface area contributed by atoms with E-state index in [-0.39, 0.29) is 0 Å². The van der Waals surface area contributed by atoms with Crippen LogP contribution in [0.25, 0.3) is 0 Å². The Bertz CT molecular complexity index is 679. The van der Waals surface area contributed by atoms with E-state index in [1.165, 1.54) is 11.1 Å². The van der Waals surface area contributed by atoms with Crippen LogP contribution in [-0.4, -0.2) is 60.8 Å². The predicted molar refractivity (Wildman–Crippen MR) is 84.4 cm³/mol. The summed E-state index contributed by atoms with van der Waals surface area (Å²) in [4.78, 5) is 11.4. The van der Waals surface area contributed by atoms with Gasteiger partial charge in [-0.15, -0.1) is 0 Å². The van der Waals surface area contributed by atoms with Gasteiger partial charge in [-0.05, 0) is 24.6 Å². The fourth-order valence-corrected chi connectivity index (χ4v) is 3.59. The smallest absolute Gasteiger partial charge is 0.475 e. The number of aliphatic carboxylic acids is 1. The number of halogens is 3. The molecule has 0 radical (unpaired) electrons. The Hall–Kier alpha value is -2.00. The van der Waals surface area contributed by atoms with Gasteiger partial charge in [-0.25, -0.2) is 4.79 Å². The second-order valence-corrected chi connectivity index (χ2v) is 6.25. The summed E-state index contributed by atoms with van der Waals surface area (Å²) < 4.78 is 48.8. The number of carboxylic acid groups (broad SMARTS) is 1. The number of benzene rings is 1.